The Morgan fingerprint density at radius 1 is 1.17 bits per heavy atom. The Balaban J connectivity index is 2.51. The van der Waals surface area contributed by atoms with E-state index in [1.807, 2.05) is 0 Å². The molecule has 0 saturated carbocycles. The molecule has 2 N–H and O–H groups in total. The van der Waals surface area contributed by atoms with Crippen LogP contribution in [0, 0.1) is 0 Å². The number of amides is 2. The van der Waals surface area contributed by atoms with Crippen LogP contribution >= 0.6 is 0 Å². The second kappa shape index (κ2) is 8.32. The summed E-state index contributed by atoms with van der Waals surface area (Å²) in [5, 5.41) is 4.83. The number of esters is 1. The van der Waals surface area contributed by atoms with Gasteiger partial charge >= 0.3 is 12.1 Å². The van der Waals surface area contributed by atoms with Crippen LogP contribution in [0.5, 0.6) is 0 Å². The van der Waals surface area contributed by atoms with Crippen molar-refractivity contribution in [1.82, 2.24) is 10.6 Å². The number of carbonyl (C=O) groups excluding carboxylic acids is 3. The van der Waals surface area contributed by atoms with Crippen LogP contribution in [-0.2, 0) is 20.5 Å². The number of halogens is 3. The number of carbonyl (C=O) groups is 3. The monoisotopic (exact) mass is 346 g/mol. The Labute approximate surface area is 136 Å². The van der Waals surface area contributed by atoms with Crippen molar-refractivity contribution in [2.24, 2.45) is 0 Å². The number of hydrogen-bond donors (Lipinski definition) is 2. The molecule has 9 heteroatoms. The van der Waals surface area contributed by atoms with Crippen LogP contribution < -0.4 is 10.6 Å². The highest BCUT2D eigenvalue weighted by Gasteiger charge is 2.30. The molecule has 24 heavy (non-hydrogen) atoms. The maximum Gasteiger partial charge on any atom is 0.416 e. The third-order valence-electron chi connectivity index (χ3n) is 2.90. The van der Waals surface area contributed by atoms with Gasteiger partial charge in [0.1, 0.15) is 6.04 Å². The van der Waals surface area contributed by atoms with E-state index in [0.29, 0.717) is 6.54 Å². The summed E-state index contributed by atoms with van der Waals surface area (Å²) in [7, 11) is 0. The molecule has 0 saturated heterocycles. The van der Waals surface area contributed by atoms with Crippen LogP contribution in [0.1, 0.15) is 29.8 Å². The first kappa shape index (κ1) is 19.5. The Bertz CT molecular complexity index is 600. The van der Waals surface area contributed by atoms with Crippen LogP contribution in [0.3, 0.4) is 0 Å². The van der Waals surface area contributed by atoms with Gasteiger partial charge in [-0.15, -0.1) is 0 Å². The average Bonchev–Trinajstić information content (AvgIpc) is 2.52. The van der Waals surface area contributed by atoms with E-state index in [0.717, 1.165) is 24.3 Å². The largest absolute Gasteiger partial charge is 0.452 e. The molecule has 0 spiro atoms. The summed E-state index contributed by atoms with van der Waals surface area (Å²) in [6.07, 6.45) is -4.50. The number of nitrogens with one attached hydrogen (secondary N) is 2. The molecule has 0 radical (unpaired) electrons. The van der Waals surface area contributed by atoms with Crippen molar-refractivity contribution in [2.75, 3.05) is 13.2 Å². The van der Waals surface area contributed by atoms with E-state index in [1.54, 1.807) is 6.92 Å². The summed E-state index contributed by atoms with van der Waals surface area (Å²) in [5.74, 6) is -2.03. The Morgan fingerprint density at radius 2 is 1.75 bits per heavy atom. The quantitative estimate of drug-likeness (QED) is 0.765. The zero-order chi connectivity index (χ0) is 18.3. The first-order chi connectivity index (χ1) is 11.1. The third kappa shape index (κ3) is 5.90. The molecule has 0 aliphatic carbocycles. The maximum atomic E-state index is 12.4. The van der Waals surface area contributed by atoms with Crippen LogP contribution in [0.25, 0.3) is 0 Å². The van der Waals surface area contributed by atoms with E-state index in [1.165, 1.54) is 6.92 Å². The molecule has 6 nitrogen and oxygen atoms in total. The summed E-state index contributed by atoms with van der Waals surface area (Å²) in [6, 6.07) is 2.60. The van der Waals surface area contributed by atoms with Crippen LogP contribution in [0.15, 0.2) is 24.3 Å². The van der Waals surface area contributed by atoms with Crippen molar-refractivity contribution in [3.63, 3.8) is 0 Å². The van der Waals surface area contributed by atoms with Crippen molar-refractivity contribution in [3.8, 4) is 0 Å². The second-order valence-electron chi connectivity index (χ2n) is 4.84. The highest BCUT2D eigenvalue weighted by Crippen LogP contribution is 2.29. The van der Waals surface area contributed by atoms with Crippen molar-refractivity contribution in [3.05, 3.63) is 35.4 Å². The predicted molar refractivity (Wildman–Crippen MR) is 78.0 cm³/mol. The molecule has 1 aromatic rings. The van der Waals surface area contributed by atoms with E-state index in [4.69, 9.17) is 4.74 Å². The maximum absolute atomic E-state index is 12.4. The number of benzene rings is 1. The molecule has 0 bridgehead atoms. The molecule has 132 valence electrons. The number of ether oxygens (including phenoxy) is 1. The lowest BCUT2D eigenvalue weighted by molar-refractivity contribution is -0.137. The minimum atomic E-state index is -4.50. The van der Waals surface area contributed by atoms with Crippen LogP contribution in [0.4, 0.5) is 13.2 Å². The first-order valence-electron chi connectivity index (χ1n) is 7.06. The van der Waals surface area contributed by atoms with E-state index < -0.39 is 36.3 Å². The fraction of sp³-hybridized carbons (Fsp3) is 0.400. The lowest BCUT2D eigenvalue weighted by Crippen LogP contribution is -2.46. The van der Waals surface area contributed by atoms with Gasteiger partial charge in [0.05, 0.1) is 11.1 Å². The fourth-order valence-corrected chi connectivity index (χ4v) is 1.69. The smallest absolute Gasteiger partial charge is 0.416 e. The average molecular weight is 346 g/mol. The van der Waals surface area contributed by atoms with E-state index in [9.17, 15) is 27.6 Å². The molecular weight excluding hydrogens is 329 g/mol. The first-order valence-corrected chi connectivity index (χ1v) is 7.06. The number of hydrogen-bond acceptors (Lipinski definition) is 4. The van der Waals surface area contributed by atoms with Gasteiger partial charge in [-0.2, -0.15) is 13.2 Å². The van der Waals surface area contributed by atoms with Crippen molar-refractivity contribution >= 4 is 17.8 Å². The van der Waals surface area contributed by atoms with Gasteiger partial charge in [-0.1, -0.05) is 0 Å². The molecule has 0 aliphatic rings. The molecular formula is C15H17F3N2O4. The van der Waals surface area contributed by atoms with Gasteiger partial charge < -0.3 is 15.4 Å². The van der Waals surface area contributed by atoms with Gasteiger partial charge in [-0.05, 0) is 38.1 Å². The number of rotatable bonds is 6. The van der Waals surface area contributed by atoms with E-state index in [2.05, 4.69) is 10.6 Å². The summed E-state index contributed by atoms with van der Waals surface area (Å²) in [4.78, 5) is 34.7. The standard InChI is InChI=1S/C15H17F3N2O4/c1-3-19-13(22)9(2)20-12(21)8-24-14(23)10-4-6-11(7-5-10)15(16,17)18/h4-7,9H,3,8H2,1-2H3,(H,19,22)(H,20,21)/t9-/m0/s1. The Morgan fingerprint density at radius 3 is 2.25 bits per heavy atom. The summed E-state index contributed by atoms with van der Waals surface area (Å²) in [5.41, 5.74) is -1.01. The van der Waals surface area contributed by atoms with Gasteiger partial charge in [0.2, 0.25) is 5.91 Å². The highest BCUT2D eigenvalue weighted by atomic mass is 19.4. The minimum Gasteiger partial charge on any atom is -0.452 e. The third-order valence-corrected chi connectivity index (χ3v) is 2.90. The van der Waals surface area contributed by atoms with Crippen molar-refractivity contribution in [1.29, 1.82) is 0 Å². The zero-order valence-electron chi connectivity index (χ0n) is 13.1. The highest BCUT2D eigenvalue weighted by molar-refractivity contribution is 5.92. The van der Waals surface area contributed by atoms with Crippen LogP contribution in [-0.4, -0.2) is 37.0 Å². The van der Waals surface area contributed by atoms with Crippen LogP contribution in [0.2, 0.25) is 0 Å². The fourth-order valence-electron chi connectivity index (χ4n) is 1.69. The summed E-state index contributed by atoms with van der Waals surface area (Å²) in [6.45, 7) is 2.93. The lowest BCUT2D eigenvalue weighted by atomic mass is 10.1. The van der Waals surface area contributed by atoms with Crippen molar-refractivity contribution in [2.45, 2.75) is 26.1 Å². The van der Waals surface area contributed by atoms with Gasteiger partial charge in [-0.3, -0.25) is 9.59 Å². The normalized spacial score (nSPS) is 12.2. The predicted octanol–water partition coefficient (Wildman–Crippen LogP) is 1.50. The van der Waals surface area contributed by atoms with Gasteiger partial charge in [0.15, 0.2) is 6.61 Å². The number of likely N-dealkylation sites (N-methyl/N-ethyl adjacent to an activating group) is 1. The number of alkyl halides is 3. The van der Waals surface area contributed by atoms with Gasteiger partial charge in [-0.25, -0.2) is 4.79 Å². The molecule has 0 aliphatic heterocycles. The lowest BCUT2D eigenvalue weighted by Gasteiger charge is -2.13. The molecule has 0 fully saturated rings. The van der Waals surface area contributed by atoms with E-state index in [-0.39, 0.29) is 11.5 Å². The zero-order valence-corrected chi connectivity index (χ0v) is 13.1. The molecule has 1 atom stereocenters. The van der Waals surface area contributed by atoms with Gasteiger partial charge in [0.25, 0.3) is 5.91 Å². The molecule has 1 aromatic carbocycles. The summed E-state index contributed by atoms with van der Waals surface area (Å²) >= 11 is 0. The van der Waals surface area contributed by atoms with E-state index >= 15 is 0 Å². The van der Waals surface area contributed by atoms with Gasteiger partial charge in [0, 0.05) is 6.54 Å². The Kier molecular flexibility index (Phi) is 6.75. The topological polar surface area (TPSA) is 84.5 Å². The van der Waals surface area contributed by atoms with Crippen molar-refractivity contribution < 1.29 is 32.3 Å². The molecule has 0 unspecified atom stereocenters. The molecule has 1 rings (SSSR count). The SMILES string of the molecule is CCNC(=O)[C@H](C)NC(=O)COC(=O)c1ccc(C(F)(F)F)cc1. The minimum absolute atomic E-state index is 0.118. The summed E-state index contributed by atoms with van der Waals surface area (Å²) < 4.78 is 41.9. The molecule has 0 heterocycles. The Hall–Kier alpha value is -2.58. The second-order valence-corrected chi connectivity index (χ2v) is 4.84. The molecule has 0 aromatic heterocycles. The molecule has 2 amide bonds.